The van der Waals surface area contributed by atoms with Gasteiger partial charge in [-0.25, -0.2) is 0 Å². The Morgan fingerprint density at radius 3 is 2.88 bits per heavy atom. The minimum Gasteiger partial charge on any atom is -0.441 e. The predicted molar refractivity (Wildman–Crippen MR) is 64.9 cm³/mol. The van der Waals surface area contributed by atoms with E-state index in [-0.39, 0.29) is 18.1 Å². The maximum Gasteiger partial charge on any atom is 0.312 e. The van der Waals surface area contributed by atoms with E-state index in [4.69, 9.17) is 4.74 Å². The van der Waals surface area contributed by atoms with Crippen LogP contribution in [0.25, 0.3) is 0 Å². The average molecular weight is 236 g/mol. The Morgan fingerprint density at radius 2 is 2.06 bits per heavy atom. The number of nitrogens with one attached hydrogen (secondary N) is 1. The Morgan fingerprint density at radius 1 is 1.18 bits per heavy atom. The topological polar surface area (TPSA) is 50.7 Å². The largest absolute Gasteiger partial charge is 0.441 e. The van der Waals surface area contributed by atoms with Gasteiger partial charge < -0.3 is 4.74 Å². The van der Waals surface area contributed by atoms with Crippen LogP contribution in [0.5, 0.6) is 0 Å². The summed E-state index contributed by atoms with van der Waals surface area (Å²) in [6.07, 6.45) is 7.53. The van der Waals surface area contributed by atoms with Crippen LogP contribution in [0.4, 0.5) is 0 Å². The number of cyclic esters (lactones) is 1. The highest BCUT2D eigenvalue weighted by atomic mass is 16.6. The van der Waals surface area contributed by atoms with Crippen LogP contribution in [0.3, 0.4) is 0 Å². The van der Waals surface area contributed by atoms with Crippen molar-refractivity contribution in [3.63, 3.8) is 0 Å². The molecule has 4 nitrogen and oxygen atoms in total. The summed E-state index contributed by atoms with van der Waals surface area (Å²) in [5, 5.41) is 3.48. The minimum atomic E-state index is -0.234. The van der Waals surface area contributed by atoms with Gasteiger partial charge in [0.1, 0.15) is 0 Å². The zero-order valence-corrected chi connectivity index (χ0v) is 10.2. The molecule has 3 atom stereocenters. The fourth-order valence-electron chi connectivity index (χ4n) is 3.14. The summed E-state index contributed by atoms with van der Waals surface area (Å²) in [4.78, 5) is 16.5. The van der Waals surface area contributed by atoms with Crippen LogP contribution in [0, 0.1) is 5.92 Å². The Hall–Kier alpha value is -0.900. The number of rotatable bonds is 1. The molecule has 0 radical (unpaired) electrons. The van der Waals surface area contributed by atoms with Gasteiger partial charge in [-0.3, -0.25) is 15.1 Å². The average Bonchev–Trinajstić information content (AvgIpc) is 2.40. The number of nitrogens with zero attached hydrogens (tertiary/aromatic N) is 1. The van der Waals surface area contributed by atoms with Crippen molar-refractivity contribution in [1.82, 2.24) is 5.32 Å². The fourth-order valence-corrected chi connectivity index (χ4v) is 3.14. The fraction of sp³-hybridized carbons (Fsp3) is 0.846. The van der Waals surface area contributed by atoms with Gasteiger partial charge >= 0.3 is 5.97 Å². The lowest BCUT2D eigenvalue weighted by Crippen LogP contribution is -2.57. The van der Waals surface area contributed by atoms with Crippen LogP contribution in [0.1, 0.15) is 44.9 Å². The van der Waals surface area contributed by atoms with Crippen LogP contribution in [-0.4, -0.2) is 30.5 Å². The quantitative estimate of drug-likeness (QED) is 0.704. The van der Waals surface area contributed by atoms with E-state index in [1.165, 1.54) is 12.8 Å². The Balaban J connectivity index is 1.71. The normalized spacial score (nSPS) is 38.0. The summed E-state index contributed by atoms with van der Waals surface area (Å²) in [6.45, 7) is 0.888. The van der Waals surface area contributed by atoms with E-state index in [9.17, 15) is 4.79 Å². The molecule has 0 amide bonds. The molecule has 0 bridgehead atoms. The number of ether oxygens (including phenoxy) is 1. The van der Waals surface area contributed by atoms with Crippen molar-refractivity contribution < 1.29 is 9.53 Å². The lowest BCUT2D eigenvalue weighted by Gasteiger charge is -2.39. The minimum absolute atomic E-state index is 0.00766. The van der Waals surface area contributed by atoms with Gasteiger partial charge in [0, 0.05) is 12.6 Å². The van der Waals surface area contributed by atoms with Crippen molar-refractivity contribution in [3.05, 3.63) is 0 Å². The van der Waals surface area contributed by atoms with E-state index in [1.54, 1.807) is 0 Å². The van der Waals surface area contributed by atoms with Crippen molar-refractivity contribution in [2.24, 2.45) is 10.9 Å². The van der Waals surface area contributed by atoms with Gasteiger partial charge in [-0.05, 0) is 32.1 Å². The van der Waals surface area contributed by atoms with E-state index in [0.717, 1.165) is 44.4 Å². The number of aliphatic imine (C=N–C) groups is 1. The van der Waals surface area contributed by atoms with E-state index < -0.39 is 0 Å². The molecule has 94 valence electrons. The number of hydrogen-bond donors (Lipinski definition) is 1. The highest BCUT2D eigenvalue weighted by Gasteiger charge is 2.40. The Kier molecular flexibility index (Phi) is 3.14. The zero-order valence-electron chi connectivity index (χ0n) is 10.2. The molecule has 0 aromatic carbocycles. The van der Waals surface area contributed by atoms with Gasteiger partial charge in [0.15, 0.2) is 6.23 Å². The first-order valence-corrected chi connectivity index (χ1v) is 6.84. The van der Waals surface area contributed by atoms with Crippen molar-refractivity contribution >= 4 is 11.7 Å². The molecule has 17 heavy (non-hydrogen) atoms. The summed E-state index contributed by atoms with van der Waals surface area (Å²) in [5.41, 5.74) is 1.05. The van der Waals surface area contributed by atoms with Gasteiger partial charge in [0.05, 0.1) is 11.6 Å². The molecule has 1 saturated heterocycles. The second kappa shape index (κ2) is 4.77. The molecule has 1 N–H and O–H groups in total. The summed E-state index contributed by atoms with van der Waals surface area (Å²) in [6, 6.07) is 0.319. The van der Waals surface area contributed by atoms with Gasteiger partial charge in [-0.1, -0.05) is 12.8 Å². The van der Waals surface area contributed by atoms with Gasteiger partial charge in [0.2, 0.25) is 0 Å². The Labute approximate surface area is 102 Å². The third-order valence-electron chi connectivity index (χ3n) is 4.13. The van der Waals surface area contributed by atoms with Gasteiger partial charge in [-0.2, -0.15) is 0 Å². The van der Waals surface area contributed by atoms with Crippen LogP contribution < -0.4 is 5.32 Å². The molecule has 3 aliphatic rings. The second-order valence-corrected chi connectivity index (χ2v) is 5.31. The first-order valence-electron chi connectivity index (χ1n) is 6.84. The molecule has 2 heterocycles. The molecule has 1 aliphatic carbocycles. The highest BCUT2D eigenvalue weighted by Crippen LogP contribution is 2.29. The lowest BCUT2D eigenvalue weighted by atomic mass is 9.83. The molecule has 2 fully saturated rings. The summed E-state index contributed by atoms with van der Waals surface area (Å²) in [5.74, 6) is 0.0796. The summed E-state index contributed by atoms with van der Waals surface area (Å²) >= 11 is 0. The molecule has 0 spiro atoms. The van der Waals surface area contributed by atoms with Crippen LogP contribution in [0.15, 0.2) is 4.99 Å². The summed E-state index contributed by atoms with van der Waals surface area (Å²) in [7, 11) is 0. The number of carbonyl (C=O) groups excluding carboxylic acids is 1. The molecular formula is C13H20N2O2. The van der Waals surface area contributed by atoms with Crippen LogP contribution in [0.2, 0.25) is 0 Å². The maximum atomic E-state index is 12.0. The number of hydrogen-bond acceptors (Lipinski definition) is 4. The molecule has 3 unspecified atom stereocenters. The third kappa shape index (κ3) is 2.23. The van der Waals surface area contributed by atoms with Crippen LogP contribution in [-0.2, 0) is 9.53 Å². The number of fused-ring (bicyclic) bond motifs is 1. The van der Waals surface area contributed by atoms with E-state index in [0.29, 0.717) is 6.04 Å². The van der Waals surface area contributed by atoms with Crippen molar-refractivity contribution in [2.75, 3.05) is 6.54 Å². The molecule has 4 heteroatoms. The highest BCUT2D eigenvalue weighted by molar-refractivity contribution is 5.91. The number of carbonyl (C=O) groups is 1. The van der Waals surface area contributed by atoms with Crippen molar-refractivity contribution in [2.45, 2.75) is 57.2 Å². The molecule has 2 aliphatic heterocycles. The Bertz CT molecular complexity index is 340. The van der Waals surface area contributed by atoms with Gasteiger partial charge in [0.25, 0.3) is 0 Å². The van der Waals surface area contributed by atoms with E-state index in [2.05, 4.69) is 10.3 Å². The zero-order chi connectivity index (χ0) is 11.7. The predicted octanol–water partition coefficient (Wildman–Crippen LogP) is 1.64. The molecule has 0 aromatic rings. The standard InChI is InChI=1S/C13H20N2O2/c16-13-9-5-1-2-6-10(9)15-12(17-13)11-7-3-4-8-14-11/h9-10,12,15H,1-8H2. The molecule has 0 aromatic heterocycles. The van der Waals surface area contributed by atoms with Crippen molar-refractivity contribution in [1.29, 1.82) is 0 Å². The molecule has 3 rings (SSSR count). The summed E-state index contributed by atoms with van der Waals surface area (Å²) < 4.78 is 5.51. The number of esters is 1. The first kappa shape index (κ1) is 11.2. The second-order valence-electron chi connectivity index (χ2n) is 5.31. The molecular weight excluding hydrogens is 216 g/mol. The SMILES string of the molecule is O=C1OC(C2=NCCCC2)NC2CCCCC12. The van der Waals surface area contributed by atoms with Crippen LogP contribution >= 0.6 is 0 Å². The molecule has 1 saturated carbocycles. The lowest BCUT2D eigenvalue weighted by molar-refractivity contribution is -0.162. The monoisotopic (exact) mass is 236 g/mol. The van der Waals surface area contributed by atoms with E-state index >= 15 is 0 Å². The smallest absolute Gasteiger partial charge is 0.312 e. The van der Waals surface area contributed by atoms with Crippen molar-refractivity contribution in [3.8, 4) is 0 Å². The van der Waals surface area contributed by atoms with E-state index in [1.807, 2.05) is 0 Å². The van der Waals surface area contributed by atoms with Gasteiger partial charge in [-0.15, -0.1) is 0 Å². The first-order chi connectivity index (χ1) is 8.34. The maximum absolute atomic E-state index is 12.0. The third-order valence-corrected chi connectivity index (χ3v) is 4.13.